The van der Waals surface area contributed by atoms with E-state index in [1.807, 2.05) is 0 Å². The van der Waals surface area contributed by atoms with Gasteiger partial charge in [0.1, 0.15) is 6.54 Å². The molecular weight excluding hydrogens is 300 g/mol. The normalized spacial score (nSPS) is 10.9. The van der Waals surface area contributed by atoms with E-state index < -0.39 is 11.2 Å². The molecule has 0 saturated heterocycles. The number of fused-ring (bicyclic) bond motifs is 1. The van der Waals surface area contributed by atoms with Crippen LogP contribution in [-0.2, 0) is 25.4 Å². The van der Waals surface area contributed by atoms with Crippen molar-refractivity contribution in [3.05, 3.63) is 51.7 Å². The molecule has 3 rings (SSSR count). The molecule has 0 aliphatic carbocycles. The predicted octanol–water partition coefficient (Wildman–Crippen LogP) is -0.533. The number of anilines is 1. The number of amides is 1. The van der Waals surface area contributed by atoms with Crippen LogP contribution < -0.4 is 16.6 Å². The van der Waals surface area contributed by atoms with E-state index in [2.05, 4.69) is 15.3 Å². The first-order valence-corrected chi connectivity index (χ1v) is 6.80. The van der Waals surface area contributed by atoms with Crippen LogP contribution in [0.4, 0.5) is 5.69 Å². The molecule has 3 aromatic heterocycles. The maximum Gasteiger partial charge on any atom is 0.332 e. The molecule has 118 valence electrons. The molecule has 0 aromatic carbocycles. The van der Waals surface area contributed by atoms with Crippen molar-refractivity contribution in [1.82, 2.24) is 23.7 Å². The van der Waals surface area contributed by atoms with E-state index >= 15 is 0 Å². The fraction of sp³-hybridized carbons (Fsp3) is 0.214. The second-order valence-electron chi connectivity index (χ2n) is 5.03. The molecule has 0 fully saturated rings. The Morgan fingerprint density at radius 2 is 1.87 bits per heavy atom. The van der Waals surface area contributed by atoms with Gasteiger partial charge in [-0.2, -0.15) is 0 Å². The van der Waals surface area contributed by atoms with E-state index in [0.717, 1.165) is 4.57 Å². The first-order valence-electron chi connectivity index (χ1n) is 6.80. The Balaban J connectivity index is 1.97. The second kappa shape index (κ2) is 5.52. The van der Waals surface area contributed by atoms with Crippen LogP contribution in [0.5, 0.6) is 0 Å². The highest BCUT2D eigenvalue weighted by Gasteiger charge is 2.15. The third-order valence-corrected chi connectivity index (χ3v) is 3.50. The lowest BCUT2D eigenvalue weighted by Crippen LogP contribution is -2.37. The molecule has 1 N–H and O–H groups in total. The number of aromatic nitrogens is 5. The molecule has 9 heteroatoms. The Labute approximate surface area is 129 Å². The fourth-order valence-corrected chi connectivity index (χ4v) is 2.31. The number of imidazole rings is 1. The Kier molecular flexibility index (Phi) is 3.53. The van der Waals surface area contributed by atoms with Crippen LogP contribution in [0.3, 0.4) is 0 Å². The Hall–Kier alpha value is -3.23. The Bertz CT molecular complexity index is 999. The third kappa shape index (κ3) is 2.52. The number of rotatable bonds is 3. The van der Waals surface area contributed by atoms with Gasteiger partial charge >= 0.3 is 5.69 Å². The number of hydrogen-bond acceptors (Lipinski definition) is 5. The molecule has 3 aromatic rings. The summed E-state index contributed by atoms with van der Waals surface area (Å²) in [6.07, 6.45) is 4.50. The van der Waals surface area contributed by atoms with E-state index in [1.165, 1.54) is 29.6 Å². The minimum atomic E-state index is -0.489. The molecule has 0 radical (unpaired) electrons. The highest BCUT2D eigenvalue weighted by atomic mass is 16.2. The summed E-state index contributed by atoms with van der Waals surface area (Å²) in [7, 11) is 2.91. The summed E-state index contributed by atoms with van der Waals surface area (Å²) >= 11 is 0. The van der Waals surface area contributed by atoms with Crippen LogP contribution in [0.1, 0.15) is 0 Å². The second-order valence-corrected chi connectivity index (χ2v) is 5.03. The minimum absolute atomic E-state index is 0.0910. The van der Waals surface area contributed by atoms with Crippen molar-refractivity contribution in [2.75, 3.05) is 5.32 Å². The average molecular weight is 314 g/mol. The monoisotopic (exact) mass is 314 g/mol. The minimum Gasteiger partial charge on any atom is -0.324 e. The van der Waals surface area contributed by atoms with Gasteiger partial charge in [-0.25, -0.2) is 9.78 Å². The molecule has 0 spiro atoms. The van der Waals surface area contributed by atoms with Gasteiger partial charge in [-0.3, -0.25) is 23.7 Å². The van der Waals surface area contributed by atoms with Crippen LogP contribution in [0.25, 0.3) is 11.2 Å². The third-order valence-electron chi connectivity index (χ3n) is 3.50. The lowest BCUT2D eigenvalue weighted by Gasteiger charge is -2.07. The molecule has 0 aliphatic rings. The van der Waals surface area contributed by atoms with Crippen molar-refractivity contribution in [1.29, 1.82) is 0 Å². The van der Waals surface area contributed by atoms with Crippen LogP contribution in [0.15, 0.2) is 40.4 Å². The number of carbonyl (C=O) groups excluding carboxylic acids is 1. The van der Waals surface area contributed by atoms with Gasteiger partial charge in [0.25, 0.3) is 5.56 Å². The summed E-state index contributed by atoms with van der Waals surface area (Å²) in [5, 5.41) is 2.70. The van der Waals surface area contributed by atoms with Gasteiger partial charge in [0.15, 0.2) is 11.2 Å². The van der Waals surface area contributed by atoms with Crippen LogP contribution in [-0.4, -0.2) is 29.6 Å². The highest BCUT2D eigenvalue weighted by molar-refractivity contribution is 5.91. The van der Waals surface area contributed by atoms with Crippen LogP contribution in [0.2, 0.25) is 0 Å². The summed E-state index contributed by atoms with van der Waals surface area (Å²) in [5.74, 6) is -0.314. The first-order chi connectivity index (χ1) is 11.0. The number of pyridine rings is 1. The van der Waals surface area contributed by atoms with Crippen molar-refractivity contribution in [3.63, 3.8) is 0 Å². The molecule has 0 aliphatic heterocycles. The van der Waals surface area contributed by atoms with Crippen LogP contribution in [0, 0.1) is 0 Å². The lowest BCUT2D eigenvalue weighted by molar-refractivity contribution is -0.116. The van der Waals surface area contributed by atoms with E-state index in [9.17, 15) is 14.4 Å². The fourth-order valence-electron chi connectivity index (χ4n) is 2.31. The SMILES string of the molecule is Cn1c(=O)c2c(ncn2CC(=O)Nc2ccncc2)n(C)c1=O. The number of aryl methyl sites for hydroxylation is 1. The predicted molar refractivity (Wildman–Crippen MR) is 83.1 cm³/mol. The quantitative estimate of drug-likeness (QED) is 0.700. The number of carbonyl (C=O) groups is 1. The molecule has 0 bridgehead atoms. The zero-order valence-electron chi connectivity index (χ0n) is 12.6. The zero-order valence-corrected chi connectivity index (χ0v) is 12.6. The van der Waals surface area contributed by atoms with Gasteiger partial charge in [-0.05, 0) is 12.1 Å². The Morgan fingerprint density at radius 3 is 2.57 bits per heavy atom. The van der Waals surface area contributed by atoms with Crippen molar-refractivity contribution in [3.8, 4) is 0 Å². The number of nitrogens with one attached hydrogen (secondary N) is 1. The van der Waals surface area contributed by atoms with Crippen molar-refractivity contribution < 1.29 is 4.79 Å². The lowest BCUT2D eigenvalue weighted by atomic mass is 10.4. The van der Waals surface area contributed by atoms with E-state index in [4.69, 9.17) is 0 Å². The van der Waals surface area contributed by atoms with Gasteiger partial charge in [0.2, 0.25) is 5.91 Å². The maximum absolute atomic E-state index is 12.3. The highest BCUT2D eigenvalue weighted by Crippen LogP contribution is 2.07. The van der Waals surface area contributed by atoms with Gasteiger partial charge in [-0.15, -0.1) is 0 Å². The van der Waals surface area contributed by atoms with Gasteiger partial charge < -0.3 is 9.88 Å². The summed E-state index contributed by atoms with van der Waals surface area (Å²) in [6, 6.07) is 3.32. The summed E-state index contributed by atoms with van der Waals surface area (Å²) in [5.41, 5.74) is 0.107. The summed E-state index contributed by atoms with van der Waals surface area (Å²) in [4.78, 5) is 44.2. The molecule has 3 heterocycles. The molecule has 9 nitrogen and oxygen atoms in total. The molecule has 0 atom stereocenters. The molecule has 1 amide bonds. The molecule has 23 heavy (non-hydrogen) atoms. The smallest absolute Gasteiger partial charge is 0.324 e. The van der Waals surface area contributed by atoms with Crippen molar-refractivity contribution in [2.45, 2.75) is 6.54 Å². The zero-order chi connectivity index (χ0) is 16.6. The van der Waals surface area contributed by atoms with Gasteiger partial charge in [0.05, 0.1) is 6.33 Å². The summed E-state index contributed by atoms with van der Waals surface area (Å²) < 4.78 is 3.68. The standard InChI is InChI=1S/C14H14N6O3/c1-18-12-11(13(22)19(2)14(18)23)20(8-16-12)7-10(21)17-9-3-5-15-6-4-9/h3-6,8H,7H2,1-2H3,(H,15,17,21). The first kappa shape index (κ1) is 14.7. The number of hydrogen-bond donors (Lipinski definition) is 1. The van der Waals surface area contributed by atoms with E-state index in [0.29, 0.717) is 5.69 Å². The maximum atomic E-state index is 12.3. The average Bonchev–Trinajstić information content (AvgIpc) is 2.95. The van der Waals surface area contributed by atoms with E-state index in [1.54, 1.807) is 24.5 Å². The summed E-state index contributed by atoms with van der Waals surface area (Å²) in [6.45, 7) is -0.0910. The van der Waals surface area contributed by atoms with Gasteiger partial charge in [0, 0.05) is 32.2 Å². The topological polar surface area (TPSA) is 104 Å². The van der Waals surface area contributed by atoms with Gasteiger partial charge in [-0.1, -0.05) is 0 Å². The molecular formula is C14H14N6O3. The molecule has 0 unspecified atom stereocenters. The Morgan fingerprint density at radius 1 is 1.17 bits per heavy atom. The van der Waals surface area contributed by atoms with Crippen LogP contribution >= 0.6 is 0 Å². The van der Waals surface area contributed by atoms with Crippen molar-refractivity contribution >= 4 is 22.8 Å². The number of nitrogens with zero attached hydrogens (tertiary/aromatic N) is 5. The molecule has 0 saturated carbocycles. The van der Waals surface area contributed by atoms with E-state index in [-0.39, 0.29) is 23.6 Å². The largest absolute Gasteiger partial charge is 0.332 e. The van der Waals surface area contributed by atoms with Crippen molar-refractivity contribution in [2.24, 2.45) is 14.1 Å².